The molecule has 122 valence electrons. The number of carbonyl (C=O) groups excluding carboxylic acids is 1. The molecule has 1 aromatic carbocycles. The summed E-state index contributed by atoms with van der Waals surface area (Å²) in [7, 11) is 0. The fourth-order valence-electron chi connectivity index (χ4n) is 2.41. The number of benzene rings is 1. The molecule has 1 fully saturated rings. The molecule has 1 amide bonds. The second-order valence-corrected chi connectivity index (χ2v) is 7.25. The summed E-state index contributed by atoms with van der Waals surface area (Å²) in [6, 6.07) is 5.50. The lowest BCUT2D eigenvalue weighted by atomic mass is 10.2. The topological polar surface area (TPSA) is 32.8 Å². The van der Waals surface area contributed by atoms with Crippen molar-refractivity contribution in [1.82, 2.24) is 4.90 Å². The Bertz CT molecular complexity index is 543. The van der Waals surface area contributed by atoms with Gasteiger partial charge in [0.2, 0.25) is 0 Å². The maximum Gasteiger partial charge on any atom is 0.410 e. The molecule has 4 nitrogen and oxygen atoms in total. The molecule has 1 aromatic rings. The van der Waals surface area contributed by atoms with Crippen LogP contribution < -0.4 is 4.90 Å². The fourth-order valence-corrected chi connectivity index (χ4v) is 2.93. The quantitative estimate of drug-likeness (QED) is 0.754. The summed E-state index contributed by atoms with van der Waals surface area (Å²) in [5.74, 6) is 0. The summed E-state index contributed by atoms with van der Waals surface area (Å²) in [6.07, 6.45) is 0.620. The summed E-state index contributed by atoms with van der Waals surface area (Å²) in [5.41, 5.74) is 0.486. The van der Waals surface area contributed by atoms with E-state index in [4.69, 9.17) is 27.9 Å². The number of carbonyl (C=O) groups is 1. The van der Waals surface area contributed by atoms with Crippen molar-refractivity contribution in [1.29, 1.82) is 0 Å². The Morgan fingerprint density at radius 3 is 2.50 bits per heavy atom. The van der Waals surface area contributed by atoms with Crippen LogP contribution in [0.1, 0.15) is 27.2 Å². The Morgan fingerprint density at radius 2 is 1.86 bits per heavy atom. The zero-order chi connectivity index (χ0) is 16.3. The van der Waals surface area contributed by atoms with E-state index < -0.39 is 5.60 Å². The maximum atomic E-state index is 12.2. The molecule has 0 saturated carbocycles. The molecule has 0 bridgehead atoms. The van der Waals surface area contributed by atoms with E-state index in [0.29, 0.717) is 23.1 Å². The van der Waals surface area contributed by atoms with Gasteiger partial charge in [0, 0.05) is 31.2 Å². The van der Waals surface area contributed by atoms with Gasteiger partial charge in [-0.25, -0.2) is 4.79 Å². The van der Waals surface area contributed by atoms with Gasteiger partial charge in [0.15, 0.2) is 0 Å². The van der Waals surface area contributed by atoms with Gasteiger partial charge < -0.3 is 14.5 Å². The largest absolute Gasteiger partial charge is 0.444 e. The van der Waals surface area contributed by atoms with Crippen molar-refractivity contribution in [3.63, 3.8) is 0 Å². The Labute approximate surface area is 141 Å². The number of anilines is 1. The lowest BCUT2D eigenvalue weighted by molar-refractivity contribution is 0.0263. The molecule has 1 saturated heterocycles. The molecule has 6 heteroatoms. The predicted molar refractivity (Wildman–Crippen MR) is 91.1 cm³/mol. The molecule has 1 heterocycles. The summed E-state index contributed by atoms with van der Waals surface area (Å²) in [6.45, 7) is 8.51. The molecule has 22 heavy (non-hydrogen) atoms. The zero-order valence-corrected chi connectivity index (χ0v) is 14.7. The minimum absolute atomic E-state index is 0.253. The van der Waals surface area contributed by atoms with Gasteiger partial charge in [0.05, 0.1) is 10.7 Å². The molecule has 0 spiro atoms. The summed E-state index contributed by atoms with van der Waals surface area (Å²) >= 11 is 12.2. The lowest BCUT2D eigenvalue weighted by Crippen LogP contribution is -2.39. The summed E-state index contributed by atoms with van der Waals surface area (Å²) in [5, 5.41) is 1.26. The first kappa shape index (κ1) is 17.2. The highest BCUT2D eigenvalue weighted by Gasteiger charge is 2.25. The van der Waals surface area contributed by atoms with Crippen LogP contribution in [0.4, 0.5) is 10.5 Å². The van der Waals surface area contributed by atoms with Crippen LogP contribution in [0.5, 0.6) is 0 Å². The number of nitrogens with zero attached hydrogens (tertiary/aromatic N) is 2. The number of halogens is 2. The Balaban J connectivity index is 2.02. The van der Waals surface area contributed by atoms with Gasteiger partial charge >= 0.3 is 6.09 Å². The number of hydrogen-bond acceptors (Lipinski definition) is 3. The number of ether oxygens (including phenoxy) is 1. The van der Waals surface area contributed by atoms with Crippen molar-refractivity contribution in [2.45, 2.75) is 32.8 Å². The molecule has 0 aliphatic carbocycles. The molecule has 0 aromatic heterocycles. The first-order chi connectivity index (χ1) is 10.3. The summed E-state index contributed by atoms with van der Waals surface area (Å²) in [4.78, 5) is 16.1. The van der Waals surface area contributed by atoms with Crippen molar-refractivity contribution in [2.75, 3.05) is 31.1 Å². The van der Waals surface area contributed by atoms with Gasteiger partial charge in [-0.3, -0.25) is 0 Å². The zero-order valence-electron chi connectivity index (χ0n) is 13.2. The third kappa shape index (κ3) is 4.68. The first-order valence-corrected chi connectivity index (χ1v) is 8.20. The fraction of sp³-hybridized carbons (Fsp3) is 0.562. The van der Waals surface area contributed by atoms with E-state index in [1.807, 2.05) is 32.9 Å². The van der Waals surface area contributed by atoms with Gasteiger partial charge in [0.1, 0.15) is 5.60 Å². The molecule has 1 aliphatic heterocycles. The lowest BCUT2D eigenvalue weighted by Gasteiger charge is -2.27. The molecule has 2 rings (SSSR count). The smallest absolute Gasteiger partial charge is 0.410 e. The molecular weight excluding hydrogens is 323 g/mol. The Morgan fingerprint density at radius 1 is 1.14 bits per heavy atom. The monoisotopic (exact) mass is 344 g/mol. The van der Waals surface area contributed by atoms with Crippen LogP contribution in [-0.2, 0) is 4.74 Å². The van der Waals surface area contributed by atoms with Gasteiger partial charge in [0.25, 0.3) is 0 Å². The van der Waals surface area contributed by atoms with Crippen LogP contribution in [0.3, 0.4) is 0 Å². The second-order valence-electron chi connectivity index (χ2n) is 6.40. The second kappa shape index (κ2) is 6.97. The van der Waals surface area contributed by atoms with Crippen molar-refractivity contribution in [3.8, 4) is 0 Å². The Hall–Kier alpha value is -1.13. The van der Waals surface area contributed by atoms with E-state index in [1.54, 1.807) is 11.0 Å². The van der Waals surface area contributed by atoms with E-state index in [2.05, 4.69) is 4.90 Å². The van der Waals surface area contributed by atoms with E-state index >= 15 is 0 Å². The standard InChI is InChI=1S/C16H22Cl2N2O2/c1-16(2,3)22-15(21)20-8-4-7-19(9-10-20)14-6-5-12(17)11-13(14)18/h5-6,11H,4,7-10H2,1-3H3. The molecule has 0 atom stereocenters. The number of rotatable bonds is 1. The van der Waals surface area contributed by atoms with Gasteiger partial charge in [-0.05, 0) is 45.4 Å². The van der Waals surface area contributed by atoms with Crippen LogP contribution in [0.15, 0.2) is 18.2 Å². The van der Waals surface area contributed by atoms with Crippen molar-refractivity contribution >= 4 is 35.0 Å². The number of amides is 1. The predicted octanol–water partition coefficient (Wildman–Crippen LogP) is 4.44. The van der Waals surface area contributed by atoms with Crippen molar-refractivity contribution < 1.29 is 9.53 Å². The molecule has 0 radical (unpaired) electrons. The molecule has 1 aliphatic rings. The van der Waals surface area contributed by atoms with Crippen molar-refractivity contribution in [3.05, 3.63) is 28.2 Å². The first-order valence-electron chi connectivity index (χ1n) is 7.44. The highest BCUT2D eigenvalue weighted by Crippen LogP contribution is 2.29. The minimum atomic E-state index is -0.470. The summed E-state index contributed by atoms with van der Waals surface area (Å²) < 4.78 is 5.44. The van der Waals surface area contributed by atoms with Crippen LogP contribution in [0.2, 0.25) is 10.0 Å². The molecule has 0 N–H and O–H groups in total. The number of hydrogen-bond donors (Lipinski definition) is 0. The molecule has 0 unspecified atom stereocenters. The van der Waals surface area contributed by atoms with Gasteiger partial charge in [-0.15, -0.1) is 0 Å². The van der Waals surface area contributed by atoms with E-state index in [9.17, 15) is 4.79 Å². The van der Waals surface area contributed by atoms with Gasteiger partial charge in [-0.1, -0.05) is 23.2 Å². The highest BCUT2D eigenvalue weighted by atomic mass is 35.5. The van der Waals surface area contributed by atoms with E-state index in [1.165, 1.54) is 0 Å². The van der Waals surface area contributed by atoms with Crippen LogP contribution in [0.25, 0.3) is 0 Å². The van der Waals surface area contributed by atoms with Crippen molar-refractivity contribution in [2.24, 2.45) is 0 Å². The minimum Gasteiger partial charge on any atom is -0.444 e. The normalized spacial score (nSPS) is 16.4. The van der Waals surface area contributed by atoms with Gasteiger partial charge in [-0.2, -0.15) is 0 Å². The van der Waals surface area contributed by atoms with Crippen LogP contribution in [-0.4, -0.2) is 42.8 Å². The Kier molecular flexibility index (Phi) is 5.45. The third-order valence-electron chi connectivity index (χ3n) is 3.40. The average molecular weight is 345 g/mol. The van der Waals surface area contributed by atoms with Crippen LogP contribution >= 0.6 is 23.2 Å². The van der Waals surface area contributed by atoms with E-state index in [-0.39, 0.29) is 6.09 Å². The van der Waals surface area contributed by atoms with E-state index in [0.717, 1.165) is 25.2 Å². The third-order valence-corrected chi connectivity index (χ3v) is 3.94. The molecular formula is C16H22Cl2N2O2. The highest BCUT2D eigenvalue weighted by molar-refractivity contribution is 6.36. The average Bonchev–Trinajstić information content (AvgIpc) is 2.62. The van der Waals surface area contributed by atoms with Crippen LogP contribution in [0, 0.1) is 0 Å². The maximum absolute atomic E-state index is 12.2. The SMILES string of the molecule is CC(C)(C)OC(=O)N1CCCN(c2ccc(Cl)cc2Cl)CC1.